The molecule has 0 radical (unpaired) electrons. The Kier molecular flexibility index (Phi) is 8.15. The molecule has 0 saturated carbocycles. The molecule has 2 N–H and O–H groups in total. The van der Waals surface area contributed by atoms with Crippen LogP contribution in [0.25, 0.3) is 0 Å². The van der Waals surface area contributed by atoms with E-state index in [0.29, 0.717) is 24.8 Å². The van der Waals surface area contributed by atoms with Crippen LogP contribution in [0.4, 0.5) is 0 Å². The fourth-order valence-electron chi connectivity index (χ4n) is 6.72. The predicted molar refractivity (Wildman–Crippen MR) is 152 cm³/mol. The maximum absolute atomic E-state index is 12.4. The van der Waals surface area contributed by atoms with Crippen molar-refractivity contribution in [3.63, 3.8) is 0 Å². The fourth-order valence-corrected chi connectivity index (χ4v) is 6.72. The van der Waals surface area contributed by atoms with Gasteiger partial charge in [-0.25, -0.2) is 0 Å². The molecule has 3 aliphatic rings. The fraction of sp³-hybridized carbons (Fsp3) is 0.424. The number of benzene rings is 3. The Bertz CT molecular complexity index is 1180. The van der Waals surface area contributed by atoms with Gasteiger partial charge in [-0.1, -0.05) is 86.6 Å². The van der Waals surface area contributed by atoms with Crippen molar-refractivity contribution in [2.75, 3.05) is 13.7 Å². The Hall–Kier alpha value is -3.15. The van der Waals surface area contributed by atoms with E-state index < -0.39 is 12.0 Å². The molecule has 38 heavy (non-hydrogen) atoms. The van der Waals surface area contributed by atoms with Gasteiger partial charge in [0, 0.05) is 30.1 Å². The van der Waals surface area contributed by atoms with Gasteiger partial charge in [0.15, 0.2) is 0 Å². The Labute approximate surface area is 226 Å². The van der Waals surface area contributed by atoms with Crippen molar-refractivity contribution in [2.45, 2.75) is 69.6 Å². The van der Waals surface area contributed by atoms with Gasteiger partial charge in [0.2, 0.25) is 0 Å². The minimum atomic E-state index is -0.707. The third-order valence-electron chi connectivity index (χ3n) is 8.90. The van der Waals surface area contributed by atoms with Crippen LogP contribution in [0.1, 0.15) is 67.2 Å². The highest BCUT2D eigenvalue weighted by atomic mass is 16.5. The summed E-state index contributed by atoms with van der Waals surface area (Å²) in [6.45, 7) is 5.98. The van der Waals surface area contributed by atoms with E-state index in [9.17, 15) is 9.90 Å². The first-order valence-electron chi connectivity index (χ1n) is 14.0. The van der Waals surface area contributed by atoms with Crippen molar-refractivity contribution in [2.24, 2.45) is 5.92 Å². The summed E-state index contributed by atoms with van der Waals surface area (Å²) >= 11 is 0. The molecule has 3 aliphatic heterocycles. The summed E-state index contributed by atoms with van der Waals surface area (Å²) < 4.78 is 5.75. The molecule has 3 heterocycles. The standard InChI is InChI=1S/C33H40N2O3/c1-4-22(2)25-15-16-29(38-3)27(19-25)21-34-31-26-17-18-35(28(20-26)33(36)37)32(31)30(23-11-7-5-8-12-23)24-13-9-6-10-14-24/h5-16,19,22,26,28,30-32,34H,4,17-18,20-21H2,1-3H3,(H,36,37)/t22?,26-,28-,31-,32+/m0/s1. The van der Waals surface area contributed by atoms with Crippen LogP contribution >= 0.6 is 0 Å². The second-order valence-electron chi connectivity index (χ2n) is 11.0. The van der Waals surface area contributed by atoms with Crippen LogP contribution in [-0.2, 0) is 11.3 Å². The number of methoxy groups -OCH3 is 1. The lowest BCUT2D eigenvalue weighted by atomic mass is 9.68. The number of hydrogen-bond donors (Lipinski definition) is 2. The molecular weight excluding hydrogens is 472 g/mol. The predicted octanol–water partition coefficient (Wildman–Crippen LogP) is 6.05. The van der Waals surface area contributed by atoms with Gasteiger partial charge in [0.1, 0.15) is 11.8 Å². The molecule has 6 rings (SSSR count). The number of ether oxygens (including phenoxy) is 1. The first kappa shape index (κ1) is 26.5. The van der Waals surface area contributed by atoms with Gasteiger partial charge in [0.05, 0.1) is 7.11 Å². The number of rotatable bonds is 10. The summed E-state index contributed by atoms with van der Waals surface area (Å²) in [5.74, 6) is 1.04. The zero-order valence-corrected chi connectivity index (χ0v) is 22.7. The molecule has 0 aromatic heterocycles. The summed E-state index contributed by atoms with van der Waals surface area (Å²) in [4.78, 5) is 14.7. The van der Waals surface area contributed by atoms with Crippen LogP contribution in [0.5, 0.6) is 5.75 Å². The van der Waals surface area contributed by atoms with Gasteiger partial charge in [-0.15, -0.1) is 0 Å². The topological polar surface area (TPSA) is 61.8 Å². The highest BCUT2D eigenvalue weighted by molar-refractivity contribution is 5.74. The first-order chi connectivity index (χ1) is 18.5. The Morgan fingerprint density at radius 2 is 1.68 bits per heavy atom. The number of carbonyl (C=O) groups is 1. The van der Waals surface area contributed by atoms with Crippen LogP contribution in [0.3, 0.4) is 0 Å². The number of carboxylic acid groups (broad SMARTS) is 1. The highest BCUT2D eigenvalue weighted by Gasteiger charge is 2.52. The van der Waals surface area contributed by atoms with Gasteiger partial charge in [-0.05, 0) is 60.4 Å². The molecule has 3 aromatic carbocycles. The Morgan fingerprint density at radius 1 is 1.03 bits per heavy atom. The van der Waals surface area contributed by atoms with Gasteiger partial charge in [-0.3, -0.25) is 9.69 Å². The minimum Gasteiger partial charge on any atom is -0.496 e. The number of aliphatic carboxylic acids is 1. The average molecular weight is 513 g/mol. The van der Waals surface area contributed by atoms with E-state index in [2.05, 4.69) is 90.8 Å². The van der Waals surface area contributed by atoms with Crippen molar-refractivity contribution >= 4 is 5.97 Å². The third-order valence-corrected chi connectivity index (χ3v) is 8.90. The number of piperidine rings is 3. The number of hydrogen-bond acceptors (Lipinski definition) is 4. The van der Waals surface area contributed by atoms with Crippen molar-refractivity contribution in [1.82, 2.24) is 10.2 Å². The van der Waals surface area contributed by atoms with Crippen molar-refractivity contribution in [3.05, 3.63) is 101 Å². The maximum atomic E-state index is 12.4. The molecule has 3 fully saturated rings. The lowest BCUT2D eigenvalue weighted by molar-refractivity contribution is -0.152. The number of nitrogens with one attached hydrogen (secondary N) is 1. The molecule has 6 atom stereocenters. The third kappa shape index (κ3) is 5.23. The second kappa shape index (κ2) is 11.7. The summed E-state index contributed by atoms with van der Waals surface area (Å²) in [6, 6.07) is 27.5. The van der Waals surface area contributed by atoms with Gasteiger partial charge in [0.25, 0.3) is 0 Å². The van der Waals surface area contributed by atoms with Gasteiger partial charge >= 0.3 is 5.97 Å². The van der Waals surface area contributed by atoms with Crippen LogP contribution in [0, 0.1) is 5.92 Å². The molecule has 2 bridgehead atoms. The molecule has 0 aliphatic carbocycles. The summed E-state index contributed by atoms with van der Waals surface area (Å²) in [5.41, 5.74) is 4.94. The van der Waals surface area contributed by atoms with Crippen LogP contribution < -0.4 is 10.1 Å². The monoisotopic (exact) mass is 512 g/mol. The molecule has 5 nitrogen and oxygen atoms in total. The number of nitrogens with zero attached hydrogens (tertiary/aromatic N) is 1. The number of carboxylic acids is 1. The quantitative estimate of drug-likeness (QED) is 0.346. The smallest absolute Gasteiger partial charge is 0.320 e. The van der Waals surface area contributed by atoms with Crippen molar-refractivity contribution in [1.29, 1.82) is 0 Å². The Balaban J connectivity index is 1.53. The summed E-state index contributed by atoms with van der Waals surface area (Å²) in [7, 11) is 1.73. The second-order valence-corrected chi connectivity index (χ2v) is 11.0. The zero-order chi connectivity index (χ0) is 26.6. The minimum absolute atomic E-state index is 0.0251. The van der Waals surface area contributed by atoms with E-state index in [4.69, 9.17) is 4.74 Å². The first-order valence-corrected chi connectivity index (χ1v) is 14.0. The van der Waals surface area contributed by atoms with Crippen molar-refractivity contribution < 1.29 is 14.6 Å². The van der Waals surface area contributed by atoms with E-state index in [-0.39, 0.29) is 18.0 Å². The Morgan fingerprint density at radius 3 is 2.26 bits per heavy atom. The van der Waals surface area contributed by atoms with E-state index >= 15 is 0 Å². The molecule has 200 valence electrons. The molecule has 0 spiro atoms. The molecule has 5 heteroatoms. The van der Waals surface area contributed by atoms with Gasteiger partial charge < -0.3 is 15.2 Å². The normalized spacial score (nSPS) is 25.3. The molecule has 3 aromatic rings. The highest BCUT2D eigenvalue weighted by Crippen LogP contribution is 2.44. The summed E-state index contributed by atoms with van der Waals surface area (Å²) in [5, 5.41) is 14.1. The zero-order valence-electron chi connectivity index (χ0n) is 22.7. The van der Waals surface area contributed by atoms with Crippen LogP contribution in [-0.4, -0.2) is 47.8 Å². The van der Waals surface area contributed by atoms with Crippen LogP contribution in [0.15, 0.2) is 78.9 Å². The SMILES string of the molecule is CCC(C)c1ccc(OC)c(CN[C@H]2[C@H]3CCN([C@@H]2C(c2ccccc2)c2ccccc2)[C@H](C(=O)O)C3)c1. The maximum Gasteiger partial charge on any atom is 0.320 e. The lowest BCUT2D eigenvalue weighted by Gasteiger charge is -2.56. The van der Waals surface area contributed by atoms with E-state index in [1.807, 2.05) is 12.1 Å². The van der Waals surface area contributed by atoms with E-state index in [1.165, 1.54) is 16.7 Å². The lowest BCUT2D eigenvalue weighted by Crippen LogP contribution is -2.69. The van der Waals surface area contributed by atoms with Crippen molar-refractivity contribution in [3.8, 4) is 5.75 Å². The summed E-state index contributed by atoms with van der Waals surface area (Å²) in [6.07, 6.45) is 2.79. The molecule has 0 amide bonds. The van der Waals surface area contributed by atoms with Crippen LogP contribution in [0.2, 0.25) is 0 Å². The number of fused-ring (bicyclic) bond motifs is 3. The van der Waals surface area contributed by atoms with Gasteiger partial charge in [-0.2, -0.15) is 0 Å². The molecule has 2 unspecified atom stereocenters. The molecular formula is C33H40N2O3. The average Bonchev–Trinajstić information content (AvgIpc) is 2.97. The van der Waals surface area contributed by atoms with E-state index in [1.54, 1.807) is 7.11 Å². The van der Waals surface area contributed by atoms with E-state index in [0.717, 1.165) is 30.7 Å². The largest absolute Gasteiger partial charge is 0.496 e. The molecule has 3 saturated heterocycles.